The van der Waals surface area contributed by atoms with E-state index in [1.165, 1.54) is 67.3 Å². The molecule has 2 amide bonds. The number of fused-ring (bicyclic) bond motifs is 3. The first-order chi connectivity index (χ1) is 19.0. The van der Waals surface area contributed by atoms with Crippen LogP contribution in [0.15, 0.2) is 0 Å². The molecule has 2 aromatic rings. The minimum absolute atomic E-state index is 0.0792. The van der Waals surface area contributed by atoms with Gasteiger partial charge in [0.25, 0.3) is 0 Å². The average molecular weight is 551 g/mol. The molecule has 0 aromatic carbocycles. The van der Waals surface area contributed by atoms with Gasteiger partial charge in [0.2, 0.25) is 11.8 Å². The highest BCUT2D eigenvalue weighted by Crippen LogP contribution is 2.49. The third kappa shape index (κ3) is 5.17. The van der Waals surface area contributed by atoms with Gasteiger partial charge in [-0.25, -0.2) is 4.98 Å². The van der Waals surface area contributed by atoms with Crippen LogP contribution in [0.25, 0.3) is 10.6 Å². The number of aromatic nitrogens is 3. The van der Waals surface area contributed by atoms with Crippen molar-refractivity contribution in [2.75, 3.05) is 18.4 Å². The number of thiazole rings is 1. The Labute approximate surface area is 235 Å². The number of piperidine rings is 1. The largest absolute Gasteiger partial charge is 0.353 e. The first-order valence-electron chi connectivity index (χ1n) is 15.5. The van der Waals surface area contributed by atoms with Gasteiger partial charge in [-0.2, -0.15) is 5.10 Å². The van der Waals surface area contributed by atoms with Crippen LogP contribution in [0.1, 0.15) is 113 Å². The van der Waals surface area contributed by atoms with Gasteiger partial charge < -0.3 is 15.5 Å². The maximum Gasteiger partial charge on any atom is 0.223 e. The van der Waals surface area contributed by atoms with E-state index >= 15 is 0 Å². The molecule has 9 heteroatoms. The Morgan fingerprint density at radius 1 is 0.897 bits per heavy atom. The lowest BCUT2D eigenvalue weighted by atomic mass is 9.84. The summed E-state index contributed by atoms with van der Waals surface area (Å²) in [6.45, 7) is 3.81. The van der Waals surface area contributed by atoms with E-state index in [2.05, 4.69) is 20.2 Å². The summed E-state index contributed by atoms with van der Waals surface area (Å²) >= 11 is 1.59. The van der Waals surface area contributed by atoms with Crippen molar-refractivity contribution in [1.29, 1.82) is 0 Å². The van der Waals surface area contributed by atoms with Gasteiger partial charge in [-0.05, 0) is 77.0 Å². The second-order valence-corrected chi connectivity index (χ2v) is 13.7. The van der Waals surface area contributed by atoms with Crippen LogP contribution in [0.4, 0.5) is 5.13 Å². The van der Waals surface area contributed by atoms with Crippen molar-refractivity contribution in [3.8, 4) is 10.6 Å². The first kappa shape index (κ1) is 25.7. The van der Waals surface area contributed by atoms with Crippen LogP contribution >= 0.6 is 11.3 Å². The summed E-state index contributed by atoms with van der Waals surface area (Å²) in [6.07, 6.45) is 15.9. The van der Waals surface area contributed by atoms with Gasteiger partial charge in [-0.1, -0.05) is 24.2 Å². The molecule has 0 spiro atoms. The summed E-state index contributed by atoms with van der Waals surface area (Å²) in [5.41, 5.74) is 5.04. The molecular formula is C30H42N6O2S. The van der Waals surface area contributed by atoms with E-state index in [9.17, 15) is 9.59 Å². The van der Waals surface area contributed by atoms with Gasteiger partial charge in [-0.15, -0.1) is 0 Å². The van der Waals surface area contributed by atoms with Crippen molar-refractivity contribution in [2.24, 2.45) is 5.92 Å². The van der Waals surface area contributed by atoms with Crippen LogP contribution in [-0.2, 0) is 22.4 Å². The summed E-state index contributed by atoms with van der Waals surface area (Å²) in [5.74, 6) is 0.920. The van der Waals surface area contributed by atoms with Gasteiger partial charge in [0.15, 0.2) is 5.13 Å². The Kier molecular flexibility index (Phi) is 6.99. The van der Waals surface area contributed by atoms with Crippen molar-refractivity contribution >= 4 is 28.3 Å². The summed E-state index contributed by atoms with van der Waals surface area (Å²) < 4.78 is 2.31. The van der Waals surface area contributed by atoms with Gasteiger partial charge in [0, 0.05) is 49.5 Å². The van der Waals surface area contributed by atoms with Crippen LogP contribution in [0.5, 0.6) is 0 Å². The number of nitrogens with zero attached hydrogens (tertiary/aromatic N) is 4. The van der Waals surface area contributed by atoms with Crippen LogP contribution in [0.3, 0.4) is 0 Å². The molecule has 39 heavy (non-hydrogen) atoms. The lowest BCUT2D eigenvalue weighted by molar-refractivity contribution is -0.127. The third-order valence-corrected chi connectivity index (χ3v) is 11.0. The van der Waals surface area contributed by atoms with Crippen molar-refractivity contribution in [2.45, 2.75) is 121 Å². The highest BCUT2D eigenvalue weighted by molar-refractivity contribution is 7.19. The maximum atomic E-state index is 13.2. The molecule has 0 radical (unpaired) electrons. The number of likely N-dealkylation sites (tertiary alicyclic amines) is 1. The number of hydrogen-bond acceptors (Lipinski definition) is 6. The Hall–Kier alpha value is -2.26. The summed E-state index contributed by atoms with van der Waals surface area (Å²) in [7, 11) is 0. The fourth-order valence-corrected chi connectivity index (χ4v) is 8.78. The van der Waals surface area contributed by atoms with Crippen LogP contribution in [-0.4, -0.2) is 56.7 Å². The van der Waals surface area contributed by atoms with E-state index in [0.717, 1.165) is 76.2 Å². The summed E-state index contributed by atoms with van der Waals surface area (Å²) in [4.78, 5) is 33.5. The third-order valence-electron chi connectivity index (χ3n) is 9.94. The van der Waals surface area contributed by atoms with Crippen LogP contribution < -0.4 is 10.6 Å². The van der Waals surface area contributed by atoms with Crippen molar-refractivity contribution in [1.82, 2.24) is 25.0 Å². The molecule has 3 heterocycles. The van der Waals surface area contributed by atoms with E-state index in [-0.39, 0.29) is 17.7 Å². The maximum absolute atomic E-state index is 13.2. The van der Waals surface area contributed by atoms with Crippen LogP contribution in [0, 0.1) is 5.92 Å². The Bertz CT molecular complexity index is 1230. The number of carbonyl (C=O) groups is 2. The van der Waals surface area contributed by atoms with E-state index < -0.39 is 0 Å². The Morgan fingerprint density at radius 3 is 2.33 bits per heavy atom. The second kappa shape index (κ2) is 10.6. The zero-order valence-corrected chi connectivity index (χ0v) is 24.0. The minimum atomic E-state index is -0.0792. The average Bonchev–Trinajstić information content (AvgIpc) is 3.32. The SMILES string of the molecule is CC(=O)Nc1nc2c(s1)-c1c(c(C3CC3)nn1C1CCC(C(=O)NC3CCN(C4CCCC4)CC3)CC1)CC2. The van der Waals surface area contributed by atoms with Gasteiger partial charge in [0.1, 0.15) is 0 Å². The molecule has 2 aromatic heterocycles. The minimum Gasteiger partial charge on any atom is -0.353 e. The Balaban J connectivity index is 1.01. The number of nitrogens with one attached hydrogen (secondary N) is 2. The normalized spacial score (nSPS) is 26.3. The smallest absolute Gasteiger partial charge is 0.223 e. The summed E-state index contributed by atoms with van der Waals surface area (Å²) in [5, 5.41) is 12.3. The van der Waals surface area contributed by atoms with E-state index in [4.69, 9.17) is 10.1 Å². The van der Waals surface area contributed by atoms with E-state index in [0.29, 0.717) is 23.1 Å². The molecule has 2 N–H and O–H groups in total. The van der Waals surface area contributed by atoms with Gasteiger partial charge >= 0.3 is 0 Å². The van der Waals surface area contributed by atoms with Crippen molar-refractivity contribution in [3.05, 3.63) is 17.0 Å². The molecule has 4 fully saturated rings. The number of hydrogen-bond donors (Lipinski definition) is 2. The molecule has 0 unspecified atom stereocenters. The molecule has 7 rings (SSSR count). The zero-order valence-electron chi connectivity index (χ0n) is 23.2. The summed E-state index contributed by atoms with van der Waals surface area (Å²) in [6, 6.07) is 1.46. The molecule has 0 bridgehead atoms. The fraction of sp³-hybridized carbons (Fsp3) is 0.733. The molecule has 5 aliphatic rings. The number of amides is 2. The van der Waals surface area contributed by atoms with Crippen molar-refractivity contribution < 1.29 is 9.59 Å². The topological polar surface area (TPSA) is 92.1 Å². The van der Waals surface area contributed by atoms with E-state index in [1.807, 2.05) is 0 Å². The number of aryl methyl sites for hydroxylation is 1. The highest BCUT2D eigenvalue weighted by atomic mass is 32.1. The highest BCUT2D eigenvalue weighted by Gasteiger charge is 2.38. The van der Waals surface area contributed by atoms with Gasteiger partial charge in [0.05, 0.1) is 28.0 Å². The van der Waals surface area contributed by atoms with Gasteiger partial charge in [-0.3, -0.25) is 14.3 Å². The first-order valence-corrected chi connectivity index (χ1v) is 16.3. The molecule has 4 aliphatic carbocycles. The lowest BCUT2D eigenvalue weighted by Crippen LogP contribution is -2.48. The lowest BCUT2D eigenvalue weighted by Gasteiger charge is -2.37. The van der Waals surface area contributed by atoms with Crippen molar-refractivity contribution in [3.63, 3.8) is 0 Å². The quantitative estimate of drug-likeness (QED) is 0.516. The fourth-order valence-electron chi connectivity index (χ4n) is 7.66. The predicted octanol–water partition coefficient (Wildman–Crippen LogP) is 5.20. The van der Waals surface area contributed by atoms with E-state index in [1.54, 1.807) is 11.3 Å². The predicted molar refractivity (Wildman–Crippen MR) is 153 cm³/mol. The molecule has 0 atom stereocenters. The second-order valence-electron chi connectivity index (χ2n) is 12.7. The Morgan fingerprint density at radius 2 is 1.64 bits per heavy atom. The molecular weight excluding hydrogens is 508 g/mol. The molecule has 210 valence electrons. The monoisotopic (exact) mass is 550 g/mol. The van der Waals surface area contributed by atoms with Crippen LogP contribution in [0.2, 0.25) is 0 Å². The standard InChI is InChI=1S/C30H42N6O2S/c1-18(37)31-30-33-25-13-12-24-26(19-6-7-19)34-36(27(24)28(25)39-30)23-10-8-20(9-11-23)29(38)32-21-14-16-35(17-15-21)22-4-2-3-5-22/h19-23H,2-17H2,1H3,(H,32,38)(H,31,33,37). The molecule has 3 saturated carbocycles. The number of carbonyl (C=O) groups excluding carboxylic acids is 2. The zero-order chi connectivity index (χ0) is 26.5. The molecule has 1 aliphatic heterocycles. The molecule has 8 nitrogen and oxygen atoms in total. The molecule has 1 saturated heterocycles. The number of anilines is 1. The number of rotatable bonds is 6.